The molecule has 0 aliphatic carbocycles. The van der Waals surface area contributed by atoms with Crippen LogP contribution in [0.1, 0.15) is 32.1 Å². The molecule has 1 saturated heterocycles. The quantitative estimate of drug-likeness (QED) is 0.811. The minimum atomic E-state index is -0.637. The van der Waals surface area contributed by atoms with Crippen molar-refractivity contribution in [2.45, 2.75) is 13.0 Å². The fourth-order valence-corrected chi connectivity index (χ4v) is 3.77. The molecule has 0 atom stereocenters. The van der Waals surface area contributed by atoms with Crippen LogP contribution in [0.3, 0.4) is 0 Å². The fourth-order valence-electron chi connectivity index (χ4n) is 3.52. The van der Waals surface area contributed by atoms with Crippen molar-refractivity contribution < 1.29 is 14.0 Å². The van der Waals surface area contributed by atoms with Crippen LogP contribution >= 0.6 is 11.6 Å². The number of halogens is 2. The number of rotatable bonds is 2. The first-order chi connectivity index (χ1) is 13.1. The number of hydrogen-bond donors (Lipinski definition) is 2. The number of piperazine rings is 1. The van der Waals surface area contributed by atoms with Gasteiger partial charge in [0.25, 0.3) is 11.8 Å². The number of nitrogens with one attached hydrogen (secondary N) is 2. The average Bonchev–Trinajstić information content (AvgIpc) is 3.11. The third-order valence-electron chi connectivity index (χ3n) is 5.04. The van der Waals surface area contributed by atoms with Gasteiger partial charge < -0.3 is 15.1 Å². The number of hydrogen-bond acceptors (Lipinski definition) is 4. The molecule has 2 aliphatic heterocycles. The average molecular weight is 392 g/mol. The van der Waals surface area contributed by atoms with Gasteiger partial charge in [0.05, 0.1) is 10.6 Å². The van der Waals surface area contributed by atoms with Crippen LogP contribution in [0.5, 0.6) is 0 Å². The van der Waals surface area contributed by atoms with E-state index in [2.05, 4.69) is 15.5 Å². The highest BCUT2D eigenvalue weighted by atomic mass is 35.5. The Bertz CT molecular complexity index is 872. The first-order valence-corrected chi connectivity index (χ1v) is 9.23. The SMILES string of the molecule is O=C(c1n[nH]c2c1CNCC2)N1CCN(C(=O)c2c(F)cccc2Cl)CC1. The molecule has 9 heteroatoms. The van der Waals surface area contributed by atoms with Crippen molar-refractivity contribution in [3.63, 3.8) is 0 Å². The van der Waals surface area contributed by atoms with Gasteiger partial charge in [-0.15, -0.1) is 0 Å². The number of nitrogens with zero attached hydrogens (tertiary/aromatic N) is 3. The molecule has 1 aromatic heterocycles. The highest BCUT2D eigenvalue weighted by molar-refractivity contribution is 6.33. The molecular formula is C18H19ClFN5O2. The molecule has 1 aromatic carbocycles. The van der Waals surface area contributed by atoms with E-state index < -0.39 is 11.7 Å². The highest BCUT2D eigenvalue weighted by Gasteiger charge is 2.30. The smallest absolute Gasteiger partial charge is 0.274 e. The molecule has 7 nitrogen and oxygen atoms in total. The molecular weight excluding hydrogens is 373 g/mol. The summed E-state index contributed by atoms with van der Waals surface area (Å²) in [6.07, 6.45) is 0.821. The second-order valence-electron chi connectivity index (χ2n) is 6.64. The summed E-state index contributed by atoms with van der Waals surface area (Å²) in [5.41, 5.74) is 2.24. The summed E-state index contributed by atoms with van der Waals surface area (Å²) in [5, 5.41) is 10.5. The predicted octanol–water partition coefficient (Wildman–Crippen LogP) is 1.45. The molecule has 2 aromatic rings. The van der Waals surface area contributed by atoms with Crippen molar-refractivity contribution in [2.24, 2.45) is 0 Å². The summed E-state index contributed by atoms with van der Waals surface area (Å²) in [6.45, 7) is 2.86. The van der Waals surface area contributed by atoms with Crippen LogP contribution in [0.2, 0.25) is 5.02 Å². The Kier molecular flexibility index (Phi) is 4.84. The van der Waals surface area contributed by atoms with E-state index in [-0.39, 0.29) is 16.5 Å². The van der Waals surface area contributed by atoms with Crippen LogP contribution in [0, 0.1) is 5.82 Å². The largest absolute Gasteiger partial charge is 0.335 e. The van der Waals surface area contributed by atoms with Gasteiger partial charge in [0.2, 0.25) is 0 Å². The van der Waals surface area contributed by atoms with Crippen LogP contribution in [0.4, 0.5) is 4.39 Å². The number of carbonyl (C=O) groups is 2. The van der Waals surface area contributed by atoms with Gasteiger partial charge in [-0.05, 0) is 12.1 Å². The van der Waals surface area contributed by atoms with Crippen molar-refractivity contribution in [1.82, 2.24) is 25.3 Å². The van der Waals surface area contributed by atoms with Crippen molar-refractivity contribution in [3.8, 4) is 0 Å². The predicted molar refractivity (Wildman–Crippen MR) is 97.2 cm³/mol. The fraction of sp³-hybridized carbons (Fsp3) is 0.389. The summed E-state index contributed by atoms with van der Waals surface area (Å²) in [5.74, 6) is -1.24. The number of aromatic nitrogens is 2. The molecule has 2 amide bonds. The number of H-pyrrole nitrogens is 1. The second kappa shape index (κ2) is 7.28. The van der Waals surface area contributed by atoms with E-state index in [4.69, 9.17) is 11.6 Å². The number of carbonyl (C=O) groups excluding carboxylic acids is 2. The van der Waals surface area contributed by atoms with Crippen LogP contribution in [-0.4, -0.2) is 64.5 Å². The summed E-state index contributed by atoms with van der Waals surface area (Å²) in [6, 6.07) is 4.17. The minimum absolute atomic E-state index is 0.0918. The van der Waals surface area contributed by atoms with E-state index in [1.165, 1.54) is 23.1 Å². The van der Waals surface area contributed by atoms with Crippen LogP contribution < -0.4 is 5.32 Å². The summed E-state index contributed by atoms with van der Waals surface area (Å²) >= 11 is 5.99. The zero-order valence-corrected chi connectivity index (χ0v) is 15.4. The molecule has 0 saturated carbocycles. The first-order valence-electron chi connectivity index (χ1n) is 8.85. The van der Waals surface area contributed by atoms with Crippen LogP contribution in [0.15, 0.2) is 18.2 Å². The molecule has 1 fully saturated rings. The zero-order valence-electron chi connectivity index (χ0n) is 14.6. The lowest BCUT2D eigenvalue weighted by atomic mass is 10.1. The molecule has 2 aliphatic rings. The lowest BCUT2D eigenvalue weighted by Gasteiger charge is -2.34. The van der Waals surface area contributed by atoms with Gasteiger partial charge in [0.1, 0.15) is 5.82 Å². The lowest BCUT2D eigenvalue weighted by Crippen LogP contribution is -2.51. The van der Waals surface area contributed by atoms with Gasteiger partial charge in [-0.1, -0.05) is 17.7 Å². The van der Waals surface area contributed by atoms with Gasteiger partial charge in [-0.25, -0.2) is 4.39 Å². The van der Waals surface area contributed by atoms with Crippen LogP contribution in [0.25, 0.3) is 0 Å². The Labute approximate surface area is 160 Å². The summed E-state index contributed by atoms with van der Waals surface area (Å²) in [4.78, 5) is 28.6. The molecule has 142 valence electrons. The Morgan fingerprint density at radius 1 is 1.11 bits per heavy atom. The maximum atomic E-state index is 14.0. The zero-order chi connectivity index (χ0) is 19.0. The monoisotopic (exact) mass is 391 g/mol. The number of fused-ring (bicyclic) bond motifs is 1. The van der Waals surface area contributed by atoms with Gasteiger partial charge >= 0.3 is 0 Å². The summed E-state index contributed by atoms with van der Waals surface area (Å²) in [7, 11) is 0. The molecule has 3 heterocycles. The van der Waals surface area contributed by atoms with E-state index in [1.807, 2.05) is 0 Å². The third kappa shape index (κ3) is 3.30. The Balaban J connectivity index is 1.44. The Morgan fingerprint density at radius 2 is 1.81 bits per heavy atom. The molecule has 0 unspecified atom stereocenters. The molecule has 0 spiro atoms. The van der Waals surface area contributed by atoms with Gasteiger partial charge in [0.15, 0.2) is 5.69 Å². The lowest BCUT2D eigenvalue weighted by molar-refractivity contribution is 0.0529. The third-order valence-corrected chi connectivity index (χ3v) is 5.35. The second-order valence-corrected chi connectivity index (χ2v) is 7.04. The molecule has 4 rings (SSSR count). The summed E-state index contributed by atoms with van der Waals surface area (Å²) < 4.78 is 14.0. The Morgan fingerprint density at radius 3 is 2.52 bits per heavy atom. The molecule has 0 bridgehead atoms. The van der Waals surface area contributed by atoms with Crippen LogP contribution in [-0.2, 0) is 13.0 Å². The molecule has 27 heavy (non-hydrogen) atoms. The highest BCUT2D eigenvalue weighted by Crippen LogP contribution is 2.22. The van der Waals surface area contributed by atoms with Crippen molar-refractivity contribution >= 4 is 23.4 Å². The first kappa shape index (κ1) is 17.9. The van der Waals surface area contributed by atoms with E-state index >= 15 is 0 Å². The normalized spacial score (nSPS) is 17.0. The van der Waals surface area contributed by atoms with Gasteiger partial charge in [-0.3, -0.25) is 14.7 Å². The maximum absolute atomic E-state index is 14.0. The van der Waals surface area contributed by atoms with Crippen molar-refractivity contribution in [3.05, 3.63) is 51.6 Å². The molecule has 0 radical (unpaired) electrons. The Hall–Kier alpha value is -2.45. The molecule has 2 N–H and O–H groups in total. The standard InChI is InChI=1S/C18H19ClFN5O2/c19-12-2-1-3-13(20)15(12)17(26)24-6-8-25(9-7-24)18(27)16-11-10-21-5-4-14(11)22-23-16/h1-3,21H,4-10H2,(H,22,23). The maximum Gasteiger partial charge on any atom is 0.274 e. The van der Waals surface area contributed by atoms with Crippen molar-refractivity contribution in [1.29, 1.82) is 0 Å². The van der Waals surface area contributed by atoms with E-state index in [9.17, 15) is 14.0 Å². The van der Waals surface area contributed by atoms with E-state index in [0.29, 0.717) is 38.4 Å². The van der Waals surface area contributed by atoms with E-state index in [0.717, 1.165) is 24.2 Å². The minimum Gasteiger partial charge on any atom is -0.335 e. The van der Waals surface area contributed by atoms with Crippen molar-refractivity contribution in [2.75, 3.05) is 32.7 Å². The van der Waals surface area contributed by atoms with Gasteiger partial charge in [-0.2, -0.15) is 5.10 Å². The number of amides is 2. The number of benzene rings is 1. The van der Waals surface area contributed by atoms with Gasteiger partial charge in [0, 0.05) is 56.9 Å². The number of aromatic amines is 1. The topological polar surface area (TPSA) is 81.3 Å². The van der Waals surface area contributed by atoms with E-state index in [1.54, 1.807) is 4.90 Å².